The Labute approximate surface area is 197 Å². The van der Waals surface area contributed by atoms with Crippen LogP contribution in [-0.4, -0.2) is 15.9 Å². The lowest BCUT2D eigenvalue weighted by Gasteiger charge is -2.26. The van der Waals surface area contributed by atoms with Gasteiger partial charge in [0.25, 0.3) is 0 Å². The van der Waals surface area contributed by atoms with Gasteiger partial charge in [-0.15, -0.1) is 0 Å². The average Bonchev–Trinajstić information content (AvgIpc) is 2.86. The second kappa shape index (κ2) is 10.7. The highest BCUT2D eigenvalue weighted by Crippen LogP contribution is 2.38. The van der Waals surface area contributed by atoms with Gasteiger partial charge in [-0.2, -0.15) is 0 Å². The van der Waals surface area contributed by atoms with Crippen LogP contribution in [-0.2, 0) is 24.1 Å². The monoisotopic (exact) mass is 441 g/mol. The van der Waals surface area contributed by atoms with Crippen LogP contribution < -0.4 is 5.32 Å². The van der Waals surface area contributed by atoms with E-state index in [4.69, 9.17) is 9.97 Å². The number of nitrogens with one attached hydrogen (secondary N) is 1. The van der Waals surface area contributed by atoms with Crippen LogP contribution in [0.5, 0.6) is 0 Å². The summed E-state index contributed by atoms with van der Waals surface area (Å²) in [5.74, 6) is 1.03. The molecule has 1 amide bonds. The first-order valence-electron chi connectivity index (χ1n) is 12.5. The van der Waals surface area contributed by atoms with E-state index in [-0.39, 0.29) is 5.91 Å². The predicted octanol–water partition coefficient (Wildman–Crippen LogP) is 6.81. The summed E-state index contributed by atoms with van der Waals surface area (Å²) in [5.41, 5.74) is 7.75. The van der Waals surface area contributed by atoms with Gasteiger partial charge in [-0.3, -0.25) is 4.79 Å². The van der Waals surface area contributed by atoms with Crippen molar-refractivity contribution >= 4 is 11.7 Å². The Morgan fingerprint density at radius 3 is 2.42 bits per heavy atom. The number of nitrogens with zero attached hydrogens (tertiary/aromatic N) is 2. The molecule has 1 N–H and O–H groups in total. The Morgan fingerprint density at radius 1 is 0.939 bits per heavy atom. The minimum atomic E-state index is -0.0219. The fraction of sp³-hybridized carbons (Fsp3) is 0.414. The molecular weight excluding hydrogens is 406 g/mol. The normalized spacial score (nSPS) is 15.0. The van der Waals surface area contributed by atoms with Gasteiger partial charge in [-0.1, -0.05) is 87.2 Å². The molecule has 0 radical (unpaired) electrons. The smallest absolute Gasteiger partial charge is 0.229 e. The molecule has 1 aromatic heterocycles. The molecule has 4 nitrogen and oxygen atoms in total. The number of aromatic nitrogens is 2. The molecular formula is C29H35N3O. The second-order valence-electron chi connectivity index (χ2n) is 8.96. The molecule has 0 bridgehead atoms. The van der Waals surface area contributed by atoms with Crippen LogP contribution in [0, 0.1) is 6.92 Å². The summed E-state index contributed by atoms with van der Waals surface area (Å²) in [6.45, 7) is 6.06. The van der Waals surface area contributed by atoms with E-state index in [1.807, 2.05) is 38.1 Å². The maximum absolute atomic E-state index is 12.9. The van der Waals surface area contributed by atoms with Crippen molar-refractivity contribution in [1.82, 2.24) is 9.97 Å². The number of amides is 1. The minimum absolute atomic E-state index is 0.0219. The number of aryl methyl sites for hydroxylation is 3. The Balaban J connectivity index is 0.00000126. The number of carbonyl (C=O) groups is 1. The molecule has 1 fully saturated rings. The molecule has 5 rings (SSSR count). The quantitative estimate of drug-likeness (QED) is 0.484. The van der Waals surface area contributed by atoms with E-state index < -0.39 is 0 Å². The highest BCUT2D eigenvalue weighted by atomic mass is 16.1. The Kier molecular flexibility index (Phi) is 7.54. The van der Waals surface area contributed by atoms with Gasteiger partial charge >= 0.3 is 0 Å². The molecule has 0 aliphatic heterocycles. The summed E-state index contributed by atoms with van der Waals surface area (Å²) in [6.07, 6.45) is 8.15. The molecule has 2 aromatic carbocycles. The number of anilines is 1. The lowest BCUT2D eigenvalue weighted by atomic mass is 9.85. The van der Waals surface area contributed by atoms with E-state index >= 15 is 0 Å². The van der Waals surface area contributed by atoms with E-state index in [9.17, 15) is 4.79 Å². The van der Waals surface area contributed by atoms with Crippen LogP contribution in [0.3, 0.4) is 0 Å². The molecule has 0 spiro atoms. The van der Waals surface area contributed by atoms with Crippen molar-refractivity contribution in [3.8, 4) is 11.3 Å². The van der Waals surface area contributed by atoms with Crippen molar-refractivity contribution in [2.24, 2.45) is 0 Å². The molecule has 4 heteroatoms. The maximum atomic E-state index is 12.9. The summed E-state index contributed by atoms with van der Waals surface area (Å²) in [6, 6.07) is 16.7. The van der Waals surface area contributed by atoms with Crippen molar-refractivity contribution in [2.75, 3.05) is 5.32 Å². The summed E-state index contributed by atoms with van der Waals surface area (Å²) in [5, 5.41) is 3.13. The van der Waals surface area contributed by atoms with Crippen molar-refractivity contribution < 1.29 is 4.79 Å². The number of hydrogen-bond donors (Lipinski definition) is 1. The van der Waals surface area contributed by atoms with Crippen LogP contribution in [0.25, 0.3) is 11.3 Å². The Hall–Kier alpha value is -3.01. The first-order valence-corrected chi connectivity index (χ1v) is 12.5. The molecule has 3 aromatic rings. The third kappa shape index (κ3) is 5.32. The number of rotatable bonds is 4. The highest BCUT2D eigenvalue weighted by molar-refractivity contribution is 5.92. The fourth-order valence-electron chi connectivity index (χ4n) is 4.92. The van der Waals surface area contributed by atoms with Crippen LogP contribution in [0.15, 0.2) is 48.5 Å². The topological polar surface area (TPSA) is 54.9 Å². The standard InChI is InChI=1S/C27H29N3O.C2H6/c1-18-11-13-19(14-12-18)17-24(31)29-27-25(21-8-3-2-4-9-21)30-26-22-10-6-5-7-20(22)15-16-23(26)28-27;1-2/h5-7,10-14,21H,2-4,8-9,15-17H2,1H3,(H,28,29,31);1-2H3. The molecule has 2 aliphatic carbocycles. The van der Waals surface area contributed by atoms with Crippen molar-refractivity contribution in [3.63, 3.8) is 0 Å². The molecule has 0 unspecified atom stereocenters. The van der Waals surface area contributed by atoms with Crippen LogP contribution >= 0.6 is 0 Å². The van der Waals surface area contributed by atoms with E-state index in [1.165, 1.54) is 36.0 Å². The SMILES string of the molecule is CC.Cc1ccc(CC(=O)Nc2nc3c(nc2C2CCCCC2)-c2ccccc2CC3)cc1. The van der Waals surface area contributed by atoms with Crippen LogP contribution in [0.4, 0.5) is 5.82 Å². The van der Waals surface area contributed by atoms with Gasteiger partial charge in [-0.05, 0) is 43.7 Å². The molecule has 1 saturated carbocycles. The predicted molar refractivity (Wildman–Crippen MR) is 136 cm³/mol. The third-order valence-electron chi connectivity index (χ3n) is 6.63. The van der Waals surface area contributed by atoms with Gasteiger partial charge in [0.1, 0.15) is 0 Å². The largest absolute Gasteiger partial charge is 0.309 e. The zero-order valence-corrected chi connectivity index (χ0v) is 20.2. The van der Waals surface area contributed by atoms with Crippen LogP contribution in [0.1, 0.15) is 79.9 Å². The number of hydrogen-bond acceptors (Lipinski definition) is 3. The molecule has 0 atom stereocenters. The van der Waals surface area contributed by atoms with Gasteiger partial charge in [0.15, 0.2) is 5.82 Å². The number of benzene rings is 2. The van der Waals surface area contributed by atoms with Gasteiger partial charge < -0.3 is 5.32 Å². The van der Waals surface area contributed by atoms with Crippen molar-refractivity contribution in [1.29, 1.82) is 0 Å². The summed E-state index contributed by atoms with van der Waals surface area (Å²) in [7, 11) is 0. The molecule has 0 saturated heterocycles. The first-order chi connectivity index (χ1) is 16.2. The average molecular weight is 442 g/mol. The van der Waals surface area contributed by atoms with E-state index in [2.05, 4.69) is 36.5 Å². The van der Waals surface area contributed by atoms with Crippen molar-refractivity contribution in [3.05, 3.63) is 76.6 Å². The Bertz CT molecular complexity index is 1100. The zero-order valence-electron chi connectivity index (χ0n) is 20.2. The lowest BCUT2D eigenvalue weighted by Crippen LogP contribution is -2.21. The fourth-order valence-corrected chi connectivity index (χ4v) is 4.92. The number of carbonyl (C=O) groups excluding carboxylic acids is 1. The van der Waals surface area contributed by atoms with E-state index in [0.717, 1.165) is 48.3 Å². The summed E-state index contributed by atoms with van der Waals surface area (Å²) < 4.78 is 0. The van der Waals surface area contributed by atoms with Gasteiger partial charge in [0.2, 0.25) is 5.91 Å². The molecule has 172 valence electrons. The molecule has 2 aliphatic rings. The minimum Gasteiger partial charge on any atom is -0.309 e. The highest BCUT2D eigenvalue weighted by Gasteiger charge is 2.27. The molecule has 33 heavy (non-hydrogen) atoms. The van der Waals surface area contributed by atoms with Gasteiger partial charge in [-0.25, -0.2) is 9.97 Å². The maximum Gasteiger partial charge on any atom is 0.229 e. The lowest BCUT2D eigenvalue weighted by molar-refractivity contribution is -0.115. The van der Waals surface area contributed by atoms with Crippen molar-refractivity contribution in [2.45, 2.75) is 78.1 Å². The summed E-state index contributed by atoms with van der Waals surface area (Å²) >= 11 is 0. The summed E-state index contributed by atoms with van der Waals surface area (Å²) in [4.78, 5) is 23.1. The number of fused-ring (bicyclic) bond motifs is 3. The zero-order chi connectivity index (χ0) is 23.2. The second-order valence-corrected chi connectivity index (χ2v) is 8.96. The van der Waals surface area contributed by atoms with Gasteiger partial charge in [0, 0.05) is 11.5 Å². The van der Waals surface area contributed by atoms with Crippen LogP contribution in [0.2, 0.25) is 0 Å². The first kappa shape index (κ1) is 23.2. The molecule has 1 heterocycles. The van der Waals surface area contributed by atoms with E-state index in [1.54, 1.807) is 0 Å². The third-order valence-corrected chi connectivity index (χ3v) is 6.63. The van der Waals surface area contributed by atoms with Gasteiger partial charge in [0.05, 0.1) is 23.5 Å². The van der Waals surface area contributed by atoms with E-state index in [0.29, 0.717) is 18.2 Å². The Morgan fingerprint density at radius 2 is 1.67 bits per heavy atom.